The highest BCUT2D eigenvalue weighted by atomic mass is 35.5. The Morgan fingerprint density at radius 2 is 2.06 bits per heavy atom. The summed E-state index contributed by atoms with van der Waals surface area (Å²) in [6.07, 6.45) is 0.907. The van der Waals surface area contributed by atoms with Crippen molar-refractivity contribution in [1.82, 2.24) is 5.32 Å². The molecule has 1 heterocycles. The Morgan fingerprint density at radius 3 is 2.67 bits per heavy atom. The molecule has 18 heavy (non-hydrogen) atoms. The summed E-state index contributed by atoms with van der Waals surface area (Å²) in [5, 5.41) is 2.96. The minimum absolute atomic E-state index is 0.201. The summed E-state index contributed by atoms with van der Waals surface area (Å²) in [5.74, 6) is -0.371. The SMILES string of the molecule is CC(C)c1ccc(Cl)c(C2CCC(=O)NC2=O)c1. The van der Waals surface area contributed by atoms with Crippen LogP contribution < -0.4 is 5.32 Å². The van der Waals surface area contributed by atoms with E-state index in [1.165, 1.54) is 0 Å². The first-order valence-corrected chi connectivity index (χ1v) is 6.50. The summed E-state index contributed by atoms with van der Waals surface area (Å²) in [6, 6.07) is 5.78. The van der Waals surface area contributed by atoms with E-state index in [1.54, 1.807) is 0 Å². The van der Waals surface area contributed by atoms with E-state index in [1.807, 2.05) is 18.2 Å². The molecule has 1 unspecified atom stereocenters. The van der Waals surface area contributed by atoms with Gasteiger partial charge in [0.1, 0.15) is 0 Å². The summed E-state index contributed by atoms with van der Waals surface area (Å²) < 4.78 is 0. The number of piperidine rings is 1. The average molecular weight is 266 g/mol. The van der Waals surface area contributed by atoms with E-state index in [9.17, 15) is 9.59 Å². The Morgan fingerprint density at radius 1 is 1.33 bits per heavy atom. The van der Waals surface area contributed by atoms with Crippen LogP contribution in [-0.2, 0) is 9.59 Å². The second kappa shape index (κ2) is 5.11. The van der Waals surface area contributed by atoms with Crippen molar-refractivity contribution >= 4 is 23.4 Å². The molecule has 3 nitrogen and oxygen atoms in total. The van der Waals surface area contributed by atoms with E-state index in [4.69, 9.17) is 11.6 Å². The number of carbonyl (C=O) groups excluding carboxylic acids is 2. The topological polar surface area (TPSA) is 46.2 Å². The van der Waals surface area contributed by atoms with Gasteiger partial charge in [0.05, 0.1) is 5.92 Å². The molecule has 0 radical (unpaired) electrons. The van der Waals surface area contributed by atoms with Gasteiger partial charge < -0.3 is 0 Å². The normalized spacial score (nSPS) is 20.1. The molecule has 2 rings (SSSR count). The van der Waals surface area contributed by atoms with Crippen LogP contribution in [0.4, 0.5) is 0 Å². The molecule has 1 N–H and O–H groups in total. The lowest BCUT2D eigenvalue weighted by atomic mass is 9.88. The van der Waals surface area contributed by atoms with Gasteiger partial charge in [-0.25, -0.2) is 0 Å². The van der Waals surface area contributed by atoms with Gasteiger partial charge >= 0.3 is 0 Å². The molecule has 1 saturated heterocycles. The maximum absolute atomic E-state index is 11.8. The number of hydrogen-bond donors (Lipinski definition) is 1. The lowest BCUT2D eigenvalue weighted by Crippen LogP contribution is -2.39. The third kappa shape index (κ3) is 2.56. The maximum Gasteiger partial charge on any atom is 0.234 e. The highest BCUT2D eigenvalue weighted by molar-refractivity contribution is 6.31. The lowest BCUT2D eigenvalue weighted by molar-refractivity contribution is -0.134. The molecule has 1 aliphatic rings. The Labute approximate surface area is 112 Å². The molecule has 0 bridgehead atoms. The lowest BCUT2D eigenvalue weighted by Gasteiger charge is -2.23. The minimum atomic E-state index is -0.311. The van der Waals surface area contributed by atoms with Crippen molar-refractivity contribution < 1.29 is 9.59 Å². The van der Waals surface area contributed by atoms with E-state index in [-0.39, 0.29) is 17.7 Å². The van der Waals surface area contributed by atoms with E-state index < -0.39 is 0 Å². The number of imide groups is 1. The van der Waals surface area contributed by atoms with Crippen LogP contribution in [0.25, 0.3) is 0 Å². The molecule has 1 aromatic rings. The van der Waals surface area contributed by atoms with Gasteiger partial charge in [0.2, 0.25) is 11.8 Å². The summed E-state index contributed by atoms with van der Waals surface area (Å²) in [7, 11) is 0. The third-order valence-electron chi connectivity index (χ3n) is 3.30. The van der Waals surface area contributed by atoms with Gasteiger partial charge in [-0.15, -0.1) is 0 Å². The zero-order chi connectivity index (χ0) is 13.3. The maximum atomic E-state index is 11.8. The van der Waals surface area contributed by atoms with Crippen LogP contribution in [0.3, 0.4) is 0 Å². The fourth-order valence-electron chi connectivity index (χ4n) is 2.18. The molecular weight excluding hydrogens is 250 g/mol. The van der Waals surface area contributed by atoms with Crippen molar-refractivity contribution in [2.45, 2.75) is 38.5 Å². The summed E-state index contributed by atoms with van der Waals surface area (Å²) >= 11 is 6.17. The summed E-state index contributed by atoms with van der Waals surface area (Å²) in [4.78, 5) is 23.0. The number of halogens is 1. The molecule has 0 spiro atoms. The van der Waals surface area contributed by atoms with Crippen molar-refractivity contribution in [2.24, 2.45) is 0 Å². The second-order valence-corrected chi connectivity index (χ2v) is 5.35. The van der Waals surface area contributed by atoms with Gasteiger partial charge in [-0.05, 0) is 29.5 Å². The van der Waals surface area contributed by atoms with Gasteiger partial charge in [-0.1, -0.05) is 37.6 Å². The van der Waals surface area contributed by atoms with E-state index in [0.29, 0.717) is 23.8 Å². The monoisotopic (exact) mass is 265 g/mol. The van der Waals surface area contributed by atoms with Crippen LogP contribution in [0.15, 0.2) is 18.2 Å². The van der Waals surface area contributed by atoms with Crippen LogP contribution >= 0.6 is 11.6 Å². The Bertz CT molecular complexity index is 497. The number of amides is 2. The van der Waals surface area contributed by atoms with Crippen molar-refractivity contribution in [3.05, 3.63) is 34.3 Å². The number of rotatable bonds is 2. The standard InChI is InChI=1S/C14H16ClNO2/c1-8(2)9-3-5-12(15)11(7-9)10-4-6-13(17)16-14(10)18/h3,5,7-8,10H,4,6H2,1-2H3,(H,16,17,18). The summed E-state index contributed by atoms with van der Waals surface area (Å²) in [6.45, 7) is 4.19. The molecule has 1 atom stereocenters. The van der Waals surface area contributed by atoms with Gasteiger partial charge in [0.15, 0.2) is 0 Å². The van der Waals surface area contributed by atoms with Crippen molar-refractivity contribution in [3.8, 4) is 0 Å². The quantitative estimate of drug-likeness (QED) is 0.836. The zero-order valence-electron chi connectivity index (χ0n) is 10.5. The third-order valence-corrected chi connectivity index (χ3v) is 3.65. The first-order valence-electron chi connectivity index (χ1n) is 6.12. The van der Waals surface area contributed by atoms with Gasteiger partial charge in [0, 0.05) is 11.4 Å². The second-order valence-electron chi connectivity index (χ2n) is 4.94. The molecule has 0 aromatic heterocycles. The van der Waals surface area contributed by atoms with Crippen LogP contribution in [0.5, 0.6) is 0 Å². The van der Waals surface area contributed by atoms with Crippen LogP contribution in [0.2, 0.25) is 5.02 Å². The van der Waals surface area contributed by atoms with Crippen LogP contribution in [0, 0.1) is 0 Å². The highest BCUT2D eigenvalue weighted by Gasteiger charge is 2.29. The molecule has 4 heteroatoms. The summed E-state index contributed by atoms with van der Waals surface area (Å²) in [5.41, 5.74) is 1.98. The van der Waals surface area contributed by atoms with Gasteiger partial charge in [-0.2, -0.15) is 0 Å². The largest absolute Gasteiger partial charge is 0.296 e. The number of hydrogen-bond acceptors (Lipinski definition) is 2. The van der Waals surface area contributed by atoms with Gasteiger partial charge in [-0.3, -0.25) is 14.9 Å². The molecule has 1 aliphatic heterocycles. The van der Waals surface area contributed by atoms with Crippen LogP contribution in [-0.4, -0.2) is 11.8 Å². The predicted molar refractivity (Wildman–Crippen MR) is 70.7 cm³/mol. The number of nitrogens with one attached hydrogen (secondary N) is 1. The van der Waals surface area contributed by atoms with E-state index in [0.717, 1.165) is 11.1 Å². The molecule has 0 saturated carbocycles. The predicted octanol–water partition coefficient (Wildman–Crippen LogP) is 2.98. The zero-order valence-corrected chi connectivity index (χ0v) is 11.3. The van der Waals surface area contributed by atoms with E-state index >= 15 is 0 Å². The number of benzene rings is 1. The van der Waals surface area contributed by atoms with E-state index in [2.05, 4.69) is 19.2 Å². The molecule has 1 aromatic carbocycles. The Kier molecular flexibility index (Phi) is 3.71. The smallest absolute Gasteiger partial charge is 0.234 e. The first-order chi connectivity index (χ1) is 8.49. The first kappa shape index (κ1) is 13.1. The molecular formula is C14H16ClNO2. The molecule has 96 valence electrons. The Balaban J connectivity index is 2.35. The Hall–Kier alpha value is -1.35. The molecule has 1 fully saturated rings. The van der Waals surface area contributed by atoms with Crippen LogP contribution in [0.1, 0.15) is 49.7 Å². The fourth-order valence-corrected chi connectivity index (χ4v) is 2.43. The minimum Gasteiger partial charge on any atom is -0.296 e. The van der Waals surface area contributed by atoms with Crippen molar-refractivity contribution in [1.29, 1.82) is 0 Å². The van der Waals surface area contributed by atoms with Crippen molar-refractivity contribution in [3.63, 3.8) is 0 Å². The number of carbonyl (C=O) groups is 2. The molecule has 2 amide bonds. The molecule has 0 aliphatic carbocycles. The van der Waals surface area contributed by atoms with Crippen molar-refractivity contribution in [2.75, 3.05) is 0 Å². The average Bonchev–Trinajstić information content (AvgIpc) is 2.30. The highest BCUT2D eigenvalue weighted by Crippen LogP contribution is 2.32. The fraction of sp³-hybridized carbons (Fsp3) is 0.429. The van der Waals surface area contributed by atoms with Gasteiger partial charge in [0.25, 0.3) is 0 Å².